The summed E-state index contributed by atoms with van der Waals surface area (Å²) < 4.78 is 0. The Hall–Kier alpha value is -3.00. The minimum atomic E-state index is -0.488. The van der Waals surface area contributed by atoms with Crippen LogP contribution in [0.25, 0.3) is 21.2 Å². The number of aryl methyl sites for hydroxylation is 1. The largest absolute Gasteiger partial charge is 0.326 e. The van der Waals surface area contributed by atoms with E-state index in [1.165, 1.54) is 0 Å². The second-order valence-corrected chi connectivity index (χ2v) is 6.43. The molecular weight excluding hydrogens is 326 g/mol. The lowest BCUT2D eigenvalue weighted by molar-refractivity contribution is 0.904. The van der Waals surface area contributed by atoms with Crippen LogP contribution in [0.1, 0.15) is 17.1 Å². The summed E-state index contributed by atoms with van der Waals surface area (Å²) in [7, 11) is 0. The Kier molecular flexibility index (Phi) is 3.39. The first kappa shape index (κ1) is 14.6. The van der Waals surface area contributed by atoms with Crippen molar-refractivity contribution in [2.45, 2.75) is 13.3 Å². The number of nitrogens with one attached hydrogen (secondary N) is 3. The van der Waals surface area contributed by atoms with Crippen LogP contribution >= 0.6 is 11.3 Å². The Balaban J connectivity index is 1.88. The highest BCUT2D eigenvalue weighted by Crippen LogP contribution is 2.28. The standard InChI is InChI=1S/C16H13N5O2S/c1-8-5-9-11(20-21-16(23)14(9)15(22)18-8)6-12-10(7-17-19-12)13-3-2-4-24-13/h2-5,7H,6H2,1H3,(H,17,19)(H,18,22)(H,21,23). The van der Waals surface area contributed by atoms with Crippen molar-refractivity contribution in [3.8, 4) is 10.4 Å². The second kappa shape index (κ2) is 5.57. The van der Waals surface area contributed by atoms with Gasteiger partial charge in [-0.1, -0.05) is 6.07 Å². The molecule has 120 valence electrons. The highest BCUT2D eigenvalue weighted by molar-refractivity contribution is 7.13. The molecule has 0 atom stereocenters. The van der Waals surface area contributed by atoms with Gasteiger partial charge in [0.1, 0.15) is 5.39 Å². The Bertz CT molecular complexity index is 1140. The molecule has 0 saturated carbocycles. The van der Waals surface area contributed by atoms with Crippen LogP contribution in [-0.4, -0.2) is 25.4 Å². The van der Waals surface area contributed by atoms with E-state index in [1.54, 1.807) is 30.5 Å². The van der Waals surface area contributed by atoms with E-state index in [4.69, 9.17) is 0 Å². The van der Waals surface area contributed by atoms with E-state index >= 15 is 0 Å². The summed E-state index contributed by atoms with van der Waals surface area (Å²) in [5.41, 5.74) is 2.30. The Morgan fingerprint density at radius 3 is 2.88 bits per heavy atom. The van der Waals surface area contributed by atoms with Crippen molar-refractivity contribution in [3.05, 3.63) is 67.6 Å². The van der Waals surface area contributed by atoms with Crippen LogP contribution < -0.4 is 11.1 Å². The van der Waals surface area contributed by atoms with Crippen LogP contribution in [0, 0.1) is 6.92 Å². The first-order valence-corrected chi connectivity index (χ1v) is 8.19. The third-order valence-electron chi connectivity index (χ3n) is 3.85. The maximum Gasteiger partial charge on any atom is 0.277 e. The van der Waals surface area contributed by atoms with Crippen LogP contribution in [-0.2, 0) is 6.42 Å². The van der Waals surface area contributed by atoms with Crippen molar-refractivity contribution in [1.29, 1.82) is 0 Å². The molecule has 4 aromatic rings. The summed E-state index contributed by atoms with van der Waals surface area (Å²) in [5, 5.41) is 16.3. The molecule has 0 aliphatic rings. The van der Waals surface area contributed by atoms with Crippen molar-refractivity contribution in [2.75, 3.05) is 0 Å². The van der Waals surface area contributed by atoms with Crippen LogP contribution in [0.4, 0.5) is 0 Å². The number of fused-ring (bicyclic) bond motifs is 1. The number of rotatable bonds is 3. The number of aromatic nitrogens is 5. The number of hydrogen-bond donors (Lipinski definition) is 3. The molecule has 24 heavy (non-hydrogen) atoms. The molecule has 0 saturated heterocycles. The lowest BCUT2D eigenvalue weighted by Gasteiger charge is -2.06. The fraction of sp³-hybridized carbons (Fsp3) is 0.125. The summed E-state index contributed by atoms with van der Waals surface area (Å²) in [4.78, 5) is 27.8. The van der Waals surface area contributed by atoms with Crippen molar-refractivity contribution >= 4 is 22.1 Å². The van der Waals surface area contributed by atoms with Crippen LogP contribution in [0.15, 0.2) is 39.4 Å². The molecule has 0 radical (unpaired) electrons. The van der Waals surface area contributed by atoms with E-state index in [0.717, 1.165) is 16.1 Å². The topological polar surface area (TPSA) is 107 Å². The number of pyridine rings is 1. The zero-order valence-electron chi connectivity index (χ0n) is 12.7. The molecule has 0 spiro atoms. The monoisotopic (exact) mass is 339 g/mol. The lowest BCUT2D eigenvalue weighted by atomic mass is 10.1. The number of nitrogens with zero attached hydrogens (tertiary/aromatic N) is 2. The summed E-state index contributed by atoms with van der Waals surface area (Å²) in [5.74, 6) is 0. The average Bonchev–Trinajstić information content (AvgIpc) is 3.20. The highest BCUT2D eigenvalue weighted by Gasteiger charge is 2.15. The highest BCUT2D eigenvalue weighted by atomic mass is 32.1. The minimum absolute atomic E-state index is 0.0998. The summed E-state index contributed by atoms with van der Waals surface area (Å²) >= 11 is 1.62. The number of aromatic amines is 3. The van der Waals surface area contributed by atoms with E-state index in [-0.39, 0.29) is 5.39 Å². The summed E-state index contributed by atoms with van der Waals surface area (Å²) in [6, 6.07) is 5.77. The van der Waals surface area contributed by atoms with Gasteiger partial charge in [-0.25, -0.2) is 5.10 Å². The fourth-order valence-electron chi connectivity index (χ4n) is 2.77. The van der Waals surface area contributed by atoms with Gasteiger partial charge < -0.3 is 4.98 Å². The third kappa shape index (κ3) is 2.37. The molecule has 0 unspecified atom stereocenters. The molecule has 8 heteroatoms. The molecule has 4 heterocycles. The van der Waals surface area contributed by atoms with Gasteiger partial charge in [-0.15, -0.1) is 11.3 Å². The number of hydrogen-bond acceptors (Lipinski definition) is 5. The molecular formula is C16H13N5O2S. The van der Waals surface area contributed by atoms with Crippen molar-refractivity contribution < 1.29 is 0 Å². The summed E-state index contributed by atoms with van der Waals surface area (Å²) in [6.45, 7) is 1.78. The summed E-state index contributed by atoms with van der Waals surface area (Å²) in [6.07, 6.45) is 2.20. The molecule has 0 bridgehead atoms. The van der Waals surface area contributed by atoms with Crippen molar-refractivity contribution in [1.82, 2.24) is 25.4 Å². The van der Waals surface area contributed by atoms with E-state index in [1.807, 2.05) is 17.5 Å². The van der Waals surface area contributed by atoms with Gasteiger partial charge in [0.25, 0.3) is 11.1 Å². The lowest BCUT2D eigenvalue weighted by Crippen LogP contribution is -2.21. The van der Waals surface area contributed by atoms with Crippen molar-refractivity contribution in [2.24, 2.45) is 0 Å². The zero-order chi connectivity index (χ0) is 16.7. The predicted molar refractivity (Wildman–Crippen MR) is 92.4 cm³/mol. The number of thiophene rings is 1. The van der Waals surface area contributed by atoms with Gasteiger partial charge in [0.2, 0.25) is 0 Å². The Labute approximate surface area is 139 Å². The Morgan fingerprint density at radius 2 is 2.08 bits per heavy atom. The normalized spacial score (nSPS) is 11.2. The van der Waals surface area contributed by atoms with Gasteiger partial charge in [-0.2, -0.15) is 10.2 Å². The third-order valence-corrected chi connectivity index (χ3v) is 4.75. The van der Waals surface area contributed by atoms with Gasteiger partial charge in [0.05, 0.1) is 11.9 Å². The van der Waals surface area contributed by atoms with Crippen LogP contribution in [0.2, 0.25) is 0 Å². The molecule has 3 N–H and O–H groups in total. The van der Waals surface area contributed by atoms with E-state index in [9.17, 15) is 9.59 Å². The zero-order valence-corrected chi connectivity index (χ0v) is 13.5. The van der Waals surface area contributed by atoms with Crippen LogP contribution in [0.3, 0.4) is 0 Å². The number of H-pyrrole nitrogens is 3. The predicted octanol–water partition coefficient (Wildman–Crippen LogP) is 1.96. The molecule has 7 nitrogen and oxygen atoms in total. The van der Waals surface area contributed by atoms with Crippen LogP contribution in [0.5, 0.6) is 0 Å². The van der Waals surface area contributed by atoms with E-state index in [0.29, 0.717) is 23.2 Å². The SMILES string of the molecule is Cc1cc2c(Cc3[nH]ncc3-c3cccs3)n[nH]c(=O)c2c(=O)[nH]1. The quantitative estimate of drug-likeness (QED) is 0.530. The van der Waals surface area contributed by atoms with Crippen molar-refractivity contribution in [3.63, 3.8) is 0 Å². The Morgan fingerprint density at radius 1 is 1.21 bits per heavy atom. The average molecular weight is 339 g/mol. The first-order valence-electron chi connectivity index (χ1n) is 7.31. The maximum absolute atomic E-state index is 12.1. The van der Waals surface area contributed by atoms with E-state index < -0.39 is 11.1 Å². The smallest absolute Gasteiger partial charge is 0.277 e. The minimum Gasteiger partial charge on any atom is -0.326 e. The van der Waals surface area contributed by atoms with E-state index in [2.05, 4.69) is 25.4 Å². The molecule has 0 aliphatic heterocycles. The van der Waals surface area contributed by atoms with Gasteiger partial charge in [0.15, 0.2) is 0 Å². The fourth-order valence-corrected chi connectivity index (χ4v) is 3.53. The first-order chi connectivity index (χ1) is 11.6. The van der Waals surface area contributed by atoms with Gasteiger partial charge in [-0.05, 0) is 24.4 Å². The maximum atomic E-state index is 12.1. The second-order valence-electron chi connectivity index (χ2n) is 5.49. The molecule has 0 fully saturated rings. The van der Waals surface area contributed by atoms with Gasteiger partial charge in [-0.3, -0.25) is 14.7 Å². The molecule has 4 rings (SSSR count). The molecule has 4 aromatic heterocycles. The van der Waals surface area contributed by atoms with Gasteiger partial charge >= 0.3 is 0 Å². The molecule has 0 aliphatic carbocycles. The molecule has 0 aromatic carbocycles. The molecule has 0 amide bonds. The van der Waals surface area contributed by atoms with Gasteiger partial charge in [0, 0.05) is 33.6 Å².